The molecular weight excluding hydrogens is 182 g/mol. The van der Waals surface area contributed by atoms with Gasteiger partial charge < -0.3 is 4.74 Å². The van der Waals surface area contributed by atoms with E-state index >= 15 is 0 Å². The SMILES string of the molecule is C[CH]Oc1nc2ccc(C)cc2s1. The topological polar surface area (TPSA) is 22.1 Å². The number of aromatic nitrogens is 1. The summed E-state index contributed by atoms with van der Waals surface area (Å²) in [6.07, 6.45) is 0. The molecule has 0 saturated carbocycles. The maximum absolute atomic E-state index is 5.21. The zero-order valence-electron chi connectivity index (χ0n) is 7.57. The first-order valence-corrected chi connectivity index (χ1v) is 4.93. The van der Waals surface area contributed by atoms with Gasteiger partial charge in [0.25, 0.3) is 5.19 Å². The number of ether oxygens (including phenoxy) is 1. The maximum Gasteiger partial charge on any atom is 0.274 e. The van der Waals surface area contributed by atoms with Gasteiger partial charge in [-0.2, -0.15) is 0 Å². The zero-order valence-corrected chi connectivity index (χ0v) is 8.39. The van der Waals surface area contributed by atoms with Gasteiger partial charge in [-0.3, -0.25) is 0 Å². The van der Waals surface area contributed by atoms with Crippen LogP contribution < -0.4 is 4.74 Å². The molecule has 13 heavy (non-hydrogen) atoms. The van der Waals surface area contributed by atoms with Crippen LogP contribution in [0.25, 0.3) is 10.2 Å². The number of nitrogens with zero attached hydrogens (tertiary/aromatic N) is 1. The highest BCUT2D eigenvalue weighted by atomic mass is 32.1. The van der Waals surface area contributed by atoms with Crippen LogP contribution in [0.1, 0.15) is 12.5 Å². The molecule has 0 amide bonds. The van der Waals surface area contributed by atoms with Crippen LogP contribution in [0.2, 0.25) is 0 Å². The second-order valence-corrected chi connectivity index (χ2v) is 3.80. The van der Waals surface area contributed by atoms with Gasteiger partial charge in [-0.15, -0.1) is 0 Å². The normalized spacial score (nSPS) is 10.6. The van der Waals surface area contributed by atoms with E-state index in [0.717, 1.165) is 5.52 Å². The molecule has 3 heteroatoms. The summed E-state index contributed by atoms with van der Waals surface area (Å²) in [5.74, 6) is 0. The summed E-state index contributed by atoms with van der Waals surface area (Å²) in [5.41, 5.74) is 2.26. The first-order chi connectivity index (χ1) is 6.29. The van der Waals surface area contributed by atoms with Crippen LogP contribution in [0.3, 0.4) is 0 Å². The highest BCUT2D eigenvalue weighted by molar-refractivity contribution is 7.20. The summed E-state index contributed by atoms with van der Waals surface area (Å²) >= 11 is 1.57. The Hall–Kier alpha value is -1.09. The first-order valence-electron chi connectivity index (χ1n) is 4.11. The van der Waals surface area contributed by atoms with Crippen molar-refractivity contribution in [3.63, 3.8) is 0 Å². The van der Waals surface area contributed by atoms with E-state index in [2.05, 4.69) is 24.0 Å². The smallest absolute Gasteiger partial charge is 0.274 e. The van der Waals surface area contributed by atoms with Crippen molar-refractivity contribution in [3.05, 3.63) is 30.4 Å². The molecule has 1 heterocycles. The maximum atomic E-state index is 5.21. The van der Waals surface area contributed by atoms with Crippen molar-refractivity contribution in [2.75, 3.05) is 0 Å². The highest BCUT2D eigenvalue weighted by Crippen LogP contribution is 2.28. The van der Waals surface area contributed by atoms with Gasteiger partial charge in [0.05, 0.1) is 10.2 Å². The standard InChI is InChI=1S/C10H10NOS/c1-3-12-10-11-8-5-4-7(2)6-9(8)13-10/h3-6H,1-2H3. The summed E-state index contributed by atoms with van der Waals surface area (Å²) < 4.78 is 6.39. The van der Waals surface area contributed by atoms with Gasteiger partial charge in [-0.25, -0.2) is 4.98 Å². The average Bonchev–Trinajstić information content (AvgIpc) is 2.46. The molecule has 1 radical (unpaired) electrons. The molecular formula is C10H10NOS. The molecule has 0 bridgehead atoms. The zero-order chi connectivity index (χ0) is 9.26. The van der Waals surface area contributed by atoms with E-state index in [0.29, 0.717) is 5.19 Å². The molecule has 0 aliphatic carbocycles. The van der Waals surface area contributed by atoms with Crippen molar-refractivity contribution < 1.29 is 4.74 Å². The van der Waals surface area contributed by atoms with Crippen LogP contribution in [0.15, 0.2) is 18.2 Å². The molecule has 2 nitrogen and oxygen atoms in total. The highest BCUT2D eigenvalue weighted by Gasteiger charge is 2.03. The summed E-state index contributed by atoms with van der Waals surface area (Å²) in [4.78, 5) is 4.31. The Morgan fingerprint density at radius 2 is 2.31 bits per heavy atom. The number of thiazole rings is 1. The van der Waals surface area contributed by atoms with Crippen molar-refractivity contribution >= 4 is 21.6 Å². The lowest BCUT2D eigenvalue weighted by molar-refractivity contribution is 0.415. The van der Waals surface area contributed by atoms with Crippen LogP contribution >= 0.6 is 11.3 Å². The number of hydrogen-bond acceptors (Lipinski definition) is 3. The van der Waals surface area contributed by atoms with Crippen molar-refractivity contribution in [2.45, 2.75) is 13.8 Å². The number of hydrogen-bond donors (Lipinski definition) is 0. The van der Waals surface area contributed by atoms with Gasteiger partial charge >= 0.3 is 0 Å². The molecule has 2 rings (SSSR count). The van der Waals surface area contributed by atoms with Gasteiger partial charge in [-0.1, -0.05) is 17.4 Å². The van der Waals surface area contributed by atoms with Gasteiger partial charge in [0.1, 0.15) is 6.61 Å². The summed E-state index contributed by atoms with van der Waals surface area (Å²) in [7, 11) is 0. The van der Waals surface area contributed by atoms with Gasteiger partial charge in [-0.05, 0) is 31.5 Å². The lowest BCUT2D eigenvalue weighted by atomic mass is 10.2. The molecule has 67 valence electrons. The summed E-state index contributed by atoms with van der Waals surface area (Å²) in [6.45, 7) is 5.56. The van der Waals surface area contributed by atoms with E-state index in [1.54, 1.807) is 17.9 Å². The Morgan fingerprint density at radius 3 is 3.08 bits per heavy atom. The Balaban J connectivity index is 2.49. The molecule has 0 aliphatic heterocycles. The fourth-order valence-corrected chi connectivity index (χ4v) is 2.10. The minimum absolute atomic E-state index is 0.711. The third-order valence-electron chi connectivity index (χ3n) is 1.74. The number of rotatable bonds is 2. The molecule has 0 saturated heterocycles. The van der Waals surface area contributed by atoms with Crippen LogP contribution in [0, 0.1) is 13.5 Å². The largest absolute Gasteiger partial charge is 0.463 e. The molecule has 0 N–H and O–H groups in total. The summed E-state index contributed by atoms with van der Waals surface area (Å²) in [6, 6.07) is 6.20. The van der Waals surface area contributed by atoms with Crippen molar-refractivity contribution in [1.29, 1.82) is 0 Å². The van der Waals surface area contributed by atoms with Crippen LogP contribution in [0.4, 0.5) is 0 Å². The molecule has 0 fully saturated rings. The van der Waals surface area contributed by atoms with E-state index in [9.17, 15) is 0 Å². The lowest BCUT2D eigenvalue weighted by Gasteiger charge is -1.91. The van der Waals surface area contributed by atoms with Crippen LogP contribution in [-0.2, 0) is 0 Å². The second kappa shape index (κ2) is 3.34. The van der Waals surface area contributed by atoms with Gasteiger partial charge in [0.15, 0.2) is 0 Å². The molecule has 0 spiro atoms. The average molecular weight is 192 g/mol. The van der Waals surface area contributed by atoms with E-state index in [-0.39, 0.29) is 0 Å². The Morgan fingerprint density at radius 1 is 1.46 bits per heavy atom. The molecule has 1 aromatic heterocycles. The molecule has 0 aliphatic rings. The predicted octanol–water partition coefficient (Wildman–Crippen LogP) is 3.17. The third kappa shape index (κ3) is 1.65. The second-order valence-electron chi connectivity index (χ2n) is 2.80. The predicted molar refractivity (Wildman–Crippen MR) is 55.0 cm³/mol. The molecule has 2 aromatic rings. The van der Waals surface area contributed by atoms with E-state index < -0.39 is 0 Å². The molecule has 1 aromatic carbocycles. The lowest BCUT2D eigenvalue weighted by Crippen LogP contribution is -1.82. The molecule has 0 unspecified atom stereocenters. The van der Waals surface area contributed by atoms with Gasteiger partial charge in [0.2, 0.25) is 0 Å². The molecule has 0 atom stereocenters. The van der Waals surface area contributed by atoms with Gasteiger partial charge in [0, 0.05) is 0 Å². The van der Waals surface area contributed by atoms with E-state index in [1.165, 1.54) is 10.3 Å². The minimum atomic E-state index is 0.711. The van der Waals surface area contributed by atoms with E-state index in [1.807, 2.05) is 13.0 Å². The van der Waals surface area contributed by atoms with E-state index in [4.69, 9.17) is 4.74 Å². The quantitative estimate of drug-likeness (QED) is 0.729. The Bertz CT molecular complexity index is 422. The van der Waals surface area contributed by atoms with Crippen molar-refractivity contribution in [2.24, 2.45) is 0 Å². The fourth-order valence-electron chi connectivity index (χ4n) is 1.16. The third-order valence-corrected chi connectivity index (χ3v) is 2.65. The van der Waals surface area contributed by atoms with Crippen LogP contribution in [-0.4, -0.2) is 4.98 Å². The minimum Gasteiger partial charge on any atom is -0.463 e. The van der Waals surface area contributed by atoms with Crippen molar-refractivity contribution in [1.82, 2.24) is 4.98 Å². The first kappa shape index (κ1) is 8.51. The van der Waals surface area contributed by atoms with Crippen LogP contribution in [0.5, 0.6) is 5.19 Å². The monoisotopic (exact) mass is 192 g/mol. The number of fused-ring (bicyclic) bond motifs is 1. The fraction of sp³-hybridized carbons (Fsp3) is 0.200. The van der Waals surface area contributed by atoms with Crippen molar-refractivity contribution in [3.8, 4) is 5.19 Å². The number of aryl methyl sites for hydroxylation is 1. The number of benzene rings is 1. The Labute approximate surface area is 81.2 Å². The Kier molecular flexibility index (Phi) is 2.19. The summed E-state index contributed by atoms with van der Waals surface area (Å²) in [5, 5.41) is 0.711.